The van der Waals surface area contributed by atoms with Gasteiger partial charge in [0.15, 0.2) is 17.4 Å². The molecular weight excluding hydrogens is 333 g/mol. The molecule has 0 spiro atoms. The van der Waals surface area contributed by atoms with E-state index in [-0.39, 0.29) is 17.9 Å². The molecule has 0 saturated carbocycles. The van der Waals surface area contributed by atoms with Crippen LogP contribution >= 0.6 is 0 Å². The third kappa shape index (κ3) is 4.26. The van der Waals surface area contributed by atoms with Gasteiger partial charge in [0.1, 0.15) is 11.9 Å². The number of hydrogen-bond acceptors (Lipinski definition) is 3. The Bertz CT molecular complexity index is 602. The highest BCUT2D eigenvalue weighted by atomic mass is 19.1. The van der Waals surface area contributed by atoms with Crippen LogP contribution in [0.1, 0.15) is 25.7 Å². The molecule has 2 aliphatic heterocycles. The highest BCUT2D eigenvalue weighted by Gasteiger charge is 2.31. The Labute approximate surface area is 145 Å². The van der Waals surface area contributed by atoms with Crippen LogP contribution in [-0.4, -0.2) is 55.0 Å². The Morgan fingerprint density at radius 3 is 2.12 bits per heavy atom. The lowest BCUT2D eigenvalue weighted by Crippen LogP contribution is -2.46. The van der Waals surface area contributed by atoms with Crippen molar-refractivity contribution in [2.24, 2.45) is 5.92 Å². The van der Waals surface area contributed by atoms with Crippen LogP contribution in [0.4, 0.5) is 13.2 Å². The van der Waals surface area contributed by atoms with E-state index in [1.165, 1.54) is 0 Å². The predicted octanol–water partition coefficient (Wildman–Crippen LogP) is 2.82. The molecule has 3 rings (SSSR count). The second-order valence-electron chi connectivity index (χ2n) is 6.92. The minimum absolute atomic E-state index is 0.0701. The number of ether oxygens (including phenoxy) is 1. The van der Waals surface area contributed by atoms with Gasteiger partial charge >= 0.3 is 0 Å². The van der Waals surface area contributed by atoms with Crippen molar-refractivity contribution in [3.63, 3.8) is 0 Å². The molecule has 138 valence electrons. The van der Waals surface area contributed by atoms with Gasteiger partial charge in [-0.05, 0) is 33.0 Å². The summed E-state index contributed by atoms with van der Waals surface area (Å²) < 4.78 is 45.7. The van der Waals surface area contributed by atoms with Gasteiger partial charge < -0.3 is 14.5 Å². The molecule has 25 heavy (non-hydrogen) atoms. The van der Waals surface area contributed by atoms with Gasteiger partial charge in [0.2, 0.25) is 5.91 Å². The summed E-state index contributed by atoms with van der Waals surface area (Å²) in [7, 11) is 2.05. The number of benzene rings is 1. The largest absolute Gasteiger partial charge is 0.484 e. The average molecular weight is 356 g/mol. The molecule has 0 atom stereocenters. The number of carbonyl (C=O) groups excluding carboxylic acids is 1. The van der Waals surface area contributed by atoms with Gasteiger partial charge in [-0.2, -0.15) is 0 Å². The molecule has 0 radical (unpaired) electrons. The lowest BCUT2D eigenvalue weighted by Gasteiger charge is -2.36. The molecular formula is C18H23F3N2O2. The van der Waals surface area contributed by atoms with Crippen molar-refractivity contribution in [2.45, 2.75) is 31.8 Å². The van der Waals surface area contributed by atoms with E-state index >= 15 is 0 Å². The number of likely N-dealkylation sites (tertiary alicyclic amines) is 2. The normalized spacial score (nSPS) is 20.7. The SMILES string of the molecule is CN1CCC(C(=O)N2CCC(Oc3c(F)cc(F)cc3F)CC2)CC1. The quantitative estimate of drug-likeness (QED) is 0.835. The maximum absolute atomic E-state index is 13.7. The zero-order chi connectivity index (χ0) is 18.0. The fourth-order valence-corrected chi connectivity index (χ4v) is 3.52. The first-order valence-corrected chi connectivity index (χ1v) is 8.72. The molecule has 4 nitrogen and oxygen atoms in total. The summed E-state index contributed by atoms with van der Waals surface area (Å²) in [5, 5.41) is 0. The Hall–Kier alpha value is -1.76. The molecule has 2 fully saturated rings. The molecule has 0 aromatic heterocycles. The van der Waals surface area contributed by atoms with Gasteiger partial charge in [-0.1, -0.05) is 0 Å². The fourth-order valence-electron chi connectivity index (χ4n) is 3.52. The maximum Gasteiger partial charge on any atom is 0.225 e. The van der Waals surface area contributed by atoms with Crippen LogP contribution in [0.5, 0.6) is 5.75 Å². The van der Waals surface area contributed by atoms with Crippen LogP contribution in [0.3, 0.4) is 0 Å². The predicted molar refractivity (Wildman–Crippen MR) is 86.8 cm³/mol. The first-order valence-electron chi connectivity index (χ1n) is 8.72. The standard InChI is InChI=1S/C18H23F3N2O2/c1-22-6-2-12(3-7-22)18(24)23-8-4-14(5-9-23)25-17-15(20)10-13(19)11-16(17)21/h10-12,14H,2-9H2,1H3. The highest BCUT2D eigenvalue weighted by Crippen LogP contribution is 2.27. The smallest absolute Gasteiger partial charge is 0.225 e. The summed E-state index contributed by atoms with van der Waals surface area (Å²) >= 11 is 0. The van der Waals surface area contributed by atoms with E-state index in [9.17, 15) is 18.0 Å². The van der Waals surface area contributed by atoms with Gasteiger partial charge in [-0.15, -0.1) is 0 Å². The van der Waals surface area contributed by atoms with Crippen LogP contribution in [0.2, 0.25) is 0 Å². The van der Waals surface area contributed by atoms with Crippen molar-refractivity contribution in [2.75, 3.05) is 33.2 Å². The van der Waals surface area contributed by atoms with Crippen molar-refractivity contribution in [3.8, 4) is 5.75 Å². The molecule has 1 aromatic carbocycles. The summed E-state index contributed by atoms with van der Waals surface area (Å²) in [6.45, 7) is 2.89. The van der Waals surface area contributed by atoms with Crippen LogP contribution in [0, 0.1) is 23.4 Å². The van der Waals surface area contributed by atoms with Crippen LogP contribution in [0.25, 0.3) is 0 Å². The Morgan fingerprint density at radius 1 is 1.00 bits per heavy atom. The molecule has 2 saturated heterocycles. The summed E-state index contributed by atoms with van der Waals surface area (Å²) in [5.41, 5.74) is 0. The summed E-state index contributed by atoms with van der Waals surface area (Å²) in [6, 6.07) is 1.22. The van der Waals surface area contributed by atoms with Gasteiger partial charge in [-0.3, -0.25) is 4.79 Å². The average Bonchev–Trinajstić information content (AvgIpc) is 2.59. The van der Waals surface area contributed by atoms with E-state index in [0.717, 1.165) is 25.9 Å². The lowest BCUT2D eigenvalue weighted by atomic mass is 9.94. The van der Waals surface area contributed by atoms with E-state index < -0.39 is 23.2 Å². The number of halogens is 3. The van der Waals surface area contributed by atoms with Crippen LogP contribution in [-0.2, 0) is 4.79 Å². The first-order chi connectivity index (χ1) is 11.9. The van der Waals surface area contributed by atoms with Crippen LogP contribution in [0.15, 0.2) is 12.1 Å². The van der Waals surface area contributed by atoms with Crippen molar-refractivity contribution < 1.29 is 22.7 Å². The van der Waals surface area contributed by atoms with E-state index in [2.05, 4.69) is 11.9 Å². The summed E-state index contributed by atoms with van der Waals surface area (Å²) in [6.07, 6.45) is 2.38. The maximum atomic E-state index is 13.7. The lowest BCUT2D eigenvalue weighted by molar-refractivity contribution is -0.138. The van der Waals surface area contributed by atoms with Gasteiger partial charge in [0.05, 0.1) is 0 Å². The fraction of sp³-hybridized carbons (Fsp3) is 0.611. The Balaban J connectivity index is 1.53. The van der Waals surface area contributed by atoms with Crippen molar-refractivity contribution in [1.29, 1.82) is 0 Å². The van der Waals surface area contributed by atoms with Crippen molar-refractivity contribution in [1.82, 2.24) is 9.80 Å². The van der Waals surface area contributed by atoms with Crippen LogP contribution < -0.4 is 4.74 Å². The zero-order valence-corrected chi connectivity index (χ0v) is 14.3. The van der Waals surface area contributed by atoms with Crippen molar-refractivity contribution >= 4 is 5.91 Å². The first kappa shape index (κ1) is 18.0. The van der Waals surface area contributed by atoms with E-state index in [1.54, 1.807) is 0 Å². The zero-order valence-electron chi connectivity index (χ0n) is 14.3. The second-order valence-corrected chi connectivity index (χ2v) is 6.92. The third-order valence-corrected chi connectivity index (χ3v) is 5.07. The number of amides is 1. The van der Waals surface area contributed by atoms with E-state index in [1.807, 2.05) is 4.90 Å². The van der Waals surface area contributed by atoms with Crippen molar-refractivity contribution in [3.05, 3.63) is 29.6 Å². The molecule has 0 N–H and O–H groups in total. The van der Waals surface area contributed by atoms with Gasteiger partial charge in [0.25, 0.3) is 0 Å². The molecule has 0 aliphatic carbocycles. The molecule has 2 heterocycles. The number of piperidine rings is 2. The molecule has 0 unspecified atom stereocenters. The molecule has 2 aliphatic rings. The summed E-state index contributed by atoms with van der Waals surface area (Å²) in [4.78, 5) is 16.6. The Morgan fingerprint density at radius 2 is 1.56 bits per heavy atom. The monoisotopic (exact) mass is 356 g/mol. The molecule has 1 aromatic rings. The van der Waals surface area contributed by atoms with E-state index in [0.29, 0.717) is 38.1 Å². The number of hydrogen-bond donors (Lipinski definition) is 0. The van der Waals surface area contributed by atoms with Gasteiger partial charge in [-0.25, -0.2) is 13.2 Å². The minimum Gasteiger partial charge on any atom is -0.484 e. The summed E-state index contributed by atoms with van der Waals surface area (Å²) in [5.74, 6) is -3.35. The highest BCUT2D eigenvalue weighted by molar-refractivity contribution is 5.79. The third-order valence-electron chi connectivity index (χ3n) is 5.07. The van der Waals surface area contributed by atoms with E-state index in [4.69, 9.17) is 4.74 Å². The van der Waals surface area contributed by atoms with Gasteiger partial charge in [0, 0.05) is 44.0 Å². The number of nitrogens with zero attached hydrogens (tertiary/aromatic N) is 2. The number of carbonyl (C=O) groups is 1. The minimum atomic E-state index is -1.04. The molecule has 7 heteroatoms. The second kappa shape index (κ2) is 7.64. The number of rotatable bonds is 3. The molecule has 0 bridgehead atoms. The Kier molecular flexibility index (Phi) is 5.51. The molecule has 1 amide bonds. The topological polar surface area (TPSA) is 32.8 Å².